The third kappa shape index (κ3) is 2.84. The minimum absolute atomic E-state index is 0.377. The Balaban J connectivity index is 1.95. The molecule has 0 unspecified atom stereocenters. The molecule has 0 saturated carbocycles. The zero-order valence-electron chi connectivity index (χ0n) is 16.2. The summed E-state index contributed by atoms with van der Waals surface area (Å²) >= 11 is 0. The van der Waals surface area contributed by atoms with Crippen molar-refractivity contribution in [3.8, 4) is 29.0 Å². The van der Waals surface area contributed by atoms with Gasteiger partial charge in [0.1, 0.15) is 23.6 Å². The number of hydrogen-bond donors (Lipinski definition) is 2. The maximum atomic E-state index is 14.4. The summed E-state index contributed by atoms with van der Waals surface area (Å²) in [6, 6.07) is 8.68. The fourth-order valence-electron chi connectivity index (χ4n) is 3.71. The molecule has 5 aromatic rings. The van der Waals surface area contributed by atoms with Crippen molar-refractivity contribution < 1.29 is 4.39 Å². The summed E-state index contributed by atoms with van der Waals surface area (Å²) < 4.78 is 16.0. The number of nitrogens with one attached hydrogen (secondary N) is 2. The minimum atomic E-state index is -0.402. The Morgan fingerprint density at radius 1 is 1.06 bits per heavy atom. The van der Waals surface area contributed by atoms with E-state index in [1.807, 2.05) is 0 Å². The van der Waals surface area contributed by atoms with Crippen LogP contribution in [0.3, 0.4) is 0 Å². The molecule has 0 fully saturated rings. The van der Waals surface area contributed by atoms with Crippen LogP contribution in [0.1, 0.15) is 11.1 Å². The number of benzene rings is 1. The number of anilines is 1. The Labute approximate surface area is 175 Å². The first-order valence-corrected chi connectivity index (χ1v) is 9.25. The lowest BCUT2D eigenvalue weighted by molar-refractivity contribution is 0.630. The maximum Gasteiger partial charge on any atom is 0.140 e. The van der Waals surface area contributed by atoms with Gasteiger partial charge >= 0.3 is 0 Å². The summed E-state index contributed by atoms with van der Waals surface area (Å²) in [7, 11) is 1.71. The number of rotatable bonds is 3. The van der Waals surface area contributed by atoms with Gasteiger partial charge in [-0.15, -0.1) is 0 Å². The Morgan fingerprint density at radius 2 is 1.90 bits per heavy atom. The Hall–Kier alpha value is -4.76. The fourth-order valence-corrected chi connectivity index (χ4v) is 3.71. The molecule has 0 amide bonds. The molecule has 0 spiro atoms. The number of H-pyrrole nitrogens is 1. The number of aromatic amines is 1. The summed E-state index contributed by atoms with van der Waals surface area (Å²) in [6.07, 6.45) is 7.78. The van der Waals surface area contributed by atoms with Gasteiger partial charge in [0.15, 0.2) is 0 Å². The maximum absolute atomic E-state index is 14.4. The van der Waals surface area contributed by atoms with Gasteiger partial charge in [0.25, 0.3) is 0 Å². The molecule has 9 heteroatoms. The molecule has 2 N–H and O–H groups in total. The van der Waals surface area contributed by atoms with Crippen LogP contribution in [0.15, 0.2) is 49.2 Å². The zero-order chi connectivity index (χ0) is 21.5. The zero-order valence-corrected chi connectivity index (χ0v) is 16.2. The van der Waals surface area contributed by atoms with Gasteiger partial charge in [-0.1, -0.05) is 0 Å². The first kappa shape index (κ1) is 18.3. The van der Waals surface area contributed by atoms with Crippen LogP contribution >= 0.6 is 0 Å². The summed E-state index contributed by atoms with van der Waals surface area (Å²) in [5.74, 6) is -0.402. The normalized spacial score (nSPS) is 10.8. The second kappa shape index (κ2) is 6.94. The van der Waals surface area contributed by atoms with Crippen LogP contribution in [0.4, 0.5) is 10.1 Å². The highest BCUT2D eigenvalue weighted by atomic mass is 19.1. The number of pyridine rings is 2. The van der Waals surface area contributed by atoms with Gasteiger partial charge in [-0.3, -0.25) is 4.98 Å². The topological polar surface area (TPSA) is 119 Å². The Morgan fingerprint density at radius 3 is 2.65 bits per heavy atom. The third-order valence-electron chi connectivity index (χ3n) is 5.06. The van der Waals surface area contributed by atoms with E-state index in [1.54, 1.807) is 36.4 Å². The van der Waals surface area contributed by atoms with E-state index in [4.69, 9.17) is 0 Å². The monoisotopic (exact) mass is 408 g/mol. The third-order valence-corrected chi connectivity index (χ3v) is 5.06. The Bertz CT molecular complexity index is 1560. The second-order valence-corrected chi connectivity index (χ2v) is 6.85. The number of nitriles is 2. The lowest BCUT2D eigenvalue weighted by Gasteiger charge is -2.11. The first-order valence-electron chi connectivity index (χ1n) is 9.25. The van der Waals surface area contributed by atoms with Crippen molar-refractivity contribution in [3.63, 3.8) is 0 Å². The van der Waals surface area contributed by atoms with Crippen molar-refractivity contribution in [3.05, 3.63) is 66.1 Å². The van der Waals surface area contributed by atoms with Crippen molar-refractivity contribution in [1.29, 1.82) is 10.5 Å². The van der Waals surface area contributed by atoms with Crippen molar-refractivity contribution in [1.82, 2.24) is 24.7 Å². The molecule has 4 aromatic heterocycles. The fraction of sp³-hybridized carbons (Fsp3) is 0.0455. The number of hydrogen-bond acceptors (Lipinski definition) is 6. The SMILES string of the molecule is CNc1cc(F)cc2c1[nH]c1ncc(-c3cncc(C#N)c3)c(-n3cc(C#N)cn3)c12. The highest BCUT2D eigenvalue weighted by Gasteiger charge is 2.20. The highest BCUT2D eigenvalue weighted by Crippen LogP contribution is 2.38. The van der Waals surface area contributed by atoms with E-state index >= 15 is 0 Å². The van der Waals surface area contributed by atoms with Crippen molar-refractivity contribution >= 4 is 27.6 Å². The summed E-state index contributed by atoms with van der Waals surface area (Å²) in [5, 5.41) is 27.2. The smallest absolute Gasteiger partial charge is 0.140 e. The molecule has 0 aliphatic heterocycles. The molecule has 1 aromatic carbocycles. The van der Waals surface area contributed by atoms with Crippen LogP contribution < -0.4 is 5.32 Å². The minimum Gasteiger partial charge on any atom is -0.386 e. The highest BCUT2D eigenvalue weighted by molar-refractivity contribution is 6.15. The van der Waals surface area contributed by atoms with E-state index in [0.717, 1.165) is 0 Å². The molecule has 0 atom stereocenters. The van der Waals surface area contributed by atoms with Crippen LogP contribution in [0.25, 0.3) is 38.8 Å². The van der Waals surface area contributed by atoms with Gasteiger partial charge in [-0.25, -0.2) is 14.1 Å². The van der Waals surface area contributed by atoms with E-state index < -0.39 is 5.82 Å². The van der Waals surface area contributed by atoms with Crippen molar-refractivity contribution in [2.75, 3.05) is 12.4 Å². The Kier molecular flexibility index (Phi) is 4.09. The van der Waals surface area contributed by atoms with Gasteiger partial charge in [0, 0.05) is 48.3 Å². The summed E-state index contributed by atoms with van der Waals surface area (Å²) in [4.78, 5) is 11.9. The van der Waals surface area contributed by atoms with Crippen molar-refractivity contribution in [2.45, 2.75) is 0 Å². The molecular weight excluding hydrogens is 395 g/mol. The quantitative estimate of drug-likeness (QED) is 0.467. The number of halogens is 1. The molecule has 0 saturated heterocycles. The van der Waals surface area contributed by atoms with E-state index in [0.29, 0.717) is 55.6 Å². The van der Waals surface area contributed by atoms with Crippen LogP contribution in [0.5, 0.6) is 0 Å². The van der Waals surface area contributed by atoms with E-state index in [2.05, 4.69) is 37.5 Å². The van der Waals surface area contributed by atoms with E-state index in [9.17, 15) is 14.9 Å². The predicted molar refractivity (Wildman–Crippen MR) is 113 cm³/mol. The molecule has 0 bridgehead atoms. The molecule has 0 aliphatic carbocycles. The number of aromatic nitrogens is 5. The molecule has 4 heterocycles. The van der Waals surface area contributed by atoms with Crippen LogP contribution in [0.2, 0.25) is 0 Å². The summed E-state index contributed by atoms with van der Waals surface area (Å²) in [5.41, 5.74) is 4.48. The van der Waals surface area contributed by atoms with Gasteiger partial charge < -0.3 is 10.3 Å². The molecule has 0 aliphatic rings. The predicted octanol–water partition coefficient (Wildman–Crippen LogP) is 3.89. The second-order valence-electron chi connectivity index (χ2n) is 6.85. The van der Waals surface area contributed by atoms with Gasteiger partial charge in [0.2, 0.25) is 0 Å². The van der Waals surface area contributed by atoms with Crippen molar-refractivity contribution in [2.24, 2.45) is 0 Å². The van der Waals surface area contributed by atoms with Crippen LogP contribution in [-0.4, -0.2) is 31.8 Å². The van der Waals surface area contributed by atoms with E-state index in [-0.39, 0.29) is 0 Å². The average Bonchev–Trinajstić information content (AvgIpc) is 3.42. The standard InChI is InChI=1S/C22H13FN8/c1-26-18-4-15(23)3-16-19-21(31-11-13(6-25)8-29-31)17(10-28-22(19)30-20(16)18)14-2-12(5-24)7-27-9-14/h2-4,7-11,26H,1H3,(H,28,30). The molecule has 0 radical (unpaired) electrons. The van der Waals surface area contributed by atoms with Crippen LogP contribution in [-0.2, 0) is 0 Å². The lowest BCUT2D eigenvalue weighted by Crippen LogP contribution is -2.00. The first-order chi connectivity index (χ1) is 15.1. The number of nitrogens with zero attached hydrogens (tertiary/aromatic N) is 6. The average molecular weight is 408 g/mol. The van der Waals surface area contributed by atoms with Gasteiger partial charge in [-0.05, 0) is 18.2 Å². The molecule has 5 rings (SSSR count). The van der Waals surface area contributed by atoms with Gasteiger partial charge in [-0.2, -0.15) is 15.6 Å². The van der Waals surface area contributed by atoms with Gasteiger partial charge in [0.05, 0.1) is 39.6 Å². The largest absolute Gasteiger partial charge is 0.386 e. The van der Waals surface area contributed by atoms with Crippen LogP contribution in [0, 0.1) is 28.5 Å². The number of fused-ring (bicyclic) bond motifs is 3. The van der Waals surface area contributed by atoms with E-state index in [1.165, 1.54) is 24.5 Å². The summed E-state index contributed by atoms with van der Waals surface area (Å²) in [6.45, 7) is 0. The molecule has 8 nitrogen and oxygen atoms in total. The molecule has 31 heavy (non-hydrogen) atoms. The molecular formula is C22H13FN8. The lowest BCUT2D eigenvalue weighted by atomic mass is 10.0. The molecule has 148 valence electrons.